The van der Waals surface area contributed by atoms with Gasteiger partial charge in [-0.3, -0.25) is 0 Å². The average molecular weight is 179 g/mol. The van der Waals surface area contributed by atoms with E-state index in [4.69, 9.17) is 0 Å². The fraction of sp³-hybridized carbons (Fsp3) is 0.455. The number of benzene rings is 1. The van der Waals surface area contributed by atoms with Crippen LogP contribution in [0.4, 0.5) is 10.1 Å². The number of aryl methyl sites for hydroxylation is 1. The van der Waals surface area contributed by atoms with Gasteiger partial charge < -0.3 is 5.32 Å². The Morgan fingerprint density at radius 2 is 2.15 bits per heavy atom. The van der Waals surface area contributed by atoms with Gasteiger partial charge in [0.15, 0.2) is 0 Å². The Bertz CT molecular complexity index is 285. The van der Waals surface area contributed by atoms with E-state index in [9.17, 15) is 4.39 Å². The molecule has 1 aliphatic rings. The highest BCUT2D eigenvalue weighted by Crippen LogP contribution is 2.26. The third-order valence-electron chi connectivity index (χ3n) is 2.68. The van der Waals surface area contributed by atoms with Crippen LogP contribution in [0.2, 0.25) is 0 Å². The molecule has 0 heterocycles. The standard InChI is InChI=1S/C11H14FN/c1-8-4-2-7-10(12)11(8)13-9-5-3-6-9/h2,4,7,9,13H,3,5-6H2,1H3. The molecule has 13 heavy (non-hydrogen) atoms. The Hall–Kier alpha value is -1.05. The molecule has 0 spiro atoms. The molecule has 0 saturated heterocycles. The molecule has 0 atom stereocenters. The summed E-state index contributed by atoms with van der Waals surface area (Å²) in [6.45, 7) is 1.93. The molecule has 2 rings (SSSR count). The second-order valence-corrected chi connectivity index (χ2v) is 3.70. The molecule has 1 aliphatic carbocycles. The SMILES string of the molecule is Cc1cccc(F)c1NC1CCC1. The summed E-state index contributed by atoms with van der Waals surface area (Å²) >= 11 is 0. The van der Waals surface area contributed by atoms with Crippen molar-refractivity contribution in [2.45, 2.75) is 32.2 Å². The number of hydrogen-bond donors (Lipinski definition) is 1. The van der Waals surface area contributed by atoms with Crippen LogP contribution in [0.5, 0.6) is 0 Å². The van der Waals surface area contributed by atoms with Gasteiger partial charge in [0.25, 0.3) is 0 Å². The summed E-state index contributed by atoms with van der Waals surface area (Å²) in [5.41, 5.74) is 1.68. The molecule has 0 radical (unpaired) electrons. The van der Waals surface area contributed by atoms with Crippen LogP contribution >= 0.6 is 0 Å². The molecule has 1 N–H and O–H groups in total. The summed E-state index contributed by atoms with van der Waals surface area (Å²) in [4.78, 5) is 0. The van der Waals surface area contributed by atoms with Gasteiger partial charge in [-0.15, -0.1) is 0 Å². The lowest BCUT2D eigenvalue weighted by Crippen LogP contribution is -2.27. The zero-order valence-corrected chi connectivity index (χ0v) is 7.81. The molecule has 0 amide bonds. The first-order valence-electron chi connectivity index (χ1n) is 4.79. The fourth-order valence-corrected chi connectivity index (χ4v) is 1.57. The summed E-state index contributed by atoms with van der Waals surface area (Å²) < 4.78 is 13.3. The van der Waals surface area contributed by atoms with Gasteiger partial charge in [-0.2, -0.15) is 0 Å². The molecule has 1 aromatic rings. The van der Waals surface area contributed by atoms with Crippen LogP contribution in [-0.4, -0.2) is 6.04 Å². The maximum atomic E-state index is 13.3. The number of anilines is 1. The summed E-state index contributed by atoms with van der Waals surface area (Å²) in [5, 5.41) is 3.24. The lowest BCUT2D eigenvalue weighted by molar-refractivity contribution is 0.443. The molecule has 0 aromatic heterocycles. The van der Waals surface area contributed by atoms with Crippen LogP contribution in [0.15, 0.2) is 18.2 Å². The van der Waals surface area contributed by atoms with Crippen molar-refractivity contribution in [2.75, 3.05) is 5.32 Å². The molecule has 0 aliphatic heterocycles. The van der Waals surface area contributed by atoms with Crippen LogP contribution < -0.4 is 5.32 Å². The van der Waals surface area contributed by atoms with E-state index in [1.807, 2.05) is 13.0 Å². The van der Waals surface area contributed by atoms with Crippen LogP contribution in [-0.2, 0) is 0 Å². The fourth-order valence-electron chi connectivity index (χ4n) is 1.57. The van der Waals surface area contributed by atoms with Crippen molar-refractivity contribution in [3.8, 4) is 0 Å². The van der Waals surface area contributed by atoms with Gasteiger partial charge in [0.2, 0.25) is 0 Å². The molecule has 0 unspecified atom stereocenters. The van der Waals surface area contributed by atoms with Crippen molar-refractivity contribution in [1.29, 1.82) is 0 Å². The Balaban J connectivity index is 2.17. The number of halogens is 1. The van der Waals surface area contributed by atoms with Crippen molar-refractivity contribution >= 4 is 5.69 Å². The van der Waals surface area contributed by atoms with E-state index in [2.05, 4.69) is 5.32 Å². The molecule has 0 bridgehead atoms. The average Bonchev–Trinajstić information content (AvgIpc) is 2.00. The smallest absolute Gasteiger partial charge is 0.146 e. The normalized spacial score (nSPS) is 16.8. The van der Waals surface area contributed by atoms with Gasteiger partial charge in [0, 0.05) is 6.04 Å². The van der Waals surface area contributed by atoms with Gasteiger partial charge in [-0.25, -0.2) is 4.39 Å². The van der Waals surface area contributed by atoms with Gasteiger partial charge in [-0.05, 0) is 37.8 Å². The summed E-state index contributed by atoms with van der Waals surface area (Å²) in [6.07, 6.45) is 3.62. The van der Waals surface area contributed by atoms with Crippen LogP contribution in [0.3, 0.4) is 0 Å². The molecule has 1 fully saturated rings. The molecular formula is C11H14FN. The molecular weight excluding hydrogens is 165 g/mol. The second-order valence-electron chi connectivity index (χ2n) is 3.70. The van der Waals surface area contributed by atoms with E-state index in [-0.39, 0.29) is 5.82 Å². The minimum atomic E-state index is -0.133. The second kappa shape index (κ2) is 3.36. The predicted octanol–water partition coefficient (Wildman–Crippen LogP) is 3.10. The highest BCUT2D eigenvalue weighted by atomic mass is 19.1. The highest BCUT2D eigenvalue weighted by molar-refractivity contribution is 5.52. The first-order valence-corrected chi connectivity index (χ1v) is 4.79. The van der Waals surface area contributed by atoms with Gasteiger partial charge >= 0.3 is 0 Å². The van der Waals surface area contributed by atoms with E-state index in [0.717, 1.165) is 5.56 Å². The number of hydrogen-bond acceptors (Lipinski definition) is 1. The van der Waals surface area contributed by atoms with Gasteiger partial charge in [0.05, 0.1) is 5.69 Å². The first-order chi connectivity index (χ1) is 6.27. The first kappa shape index (κ1) is 8.54. The summed E-state index contributed by atoms with van der Waals surface area (Å²) in [7, 11) is 0. The zero-order chi connectivity index (χ0) is 9.26. The topological polar surface area (TPSA) is 12.0 Å². The minimum absolute atomic E-state index is 0.133. The third-order valence-corrected chi connectivity index (χ3v) is 2.68. The maximum Gasteiger partial charge on any atom is 0.146 e. The third kappa shape index (κ3) is 1.67. The van der Waals surface area contributed by atoms with Crippen LogP contribution in [0.1, 0.15) is 24.8 Å². The molecule has 1 nitrogen and oxygen atoms in total. The van der Waals surface area contributed by atoms with Crippen LogP contribution in [0, 0.1) is 12.7 Å². The number of rotatable bonds is 2. The predicted molar refractivity (Wildman–Crippen MR) is 52.4 cm³/mol. The van der Waals surface area contributed by atoms with E-state index < -0.39 is 0 Å². The van der Waals surface area contributed by atoms with Crippen molar-refractivity contribution in [3.63, 3.8) is 0 Å². The van der Waals surface area contributed by atoms with Gasteiger partial charge in [-0.1, -0.05) is 12.1 Å². The molecule has 1 aromatic carbocycles. The van der Waals surface area contributed by atoms with Crippen molar-refractivity contribution in [3.05, 3.63) is 29.6 Å². The Morgan fingerprint density at radius 3 is 2.69 bits per heavy atom. The van der Waals surface area contributed by atoms with E-state index >= 15 is 0 Å². The molecule has 70 valence electrons. The number of nitrogens with one attached hydrogen (secondary N) is 1. The highest BCUT2D eigenvalue weighted by Gasteiger charge is 2.18. The molecule has 2 heteroatoms. The van der Waals surface area contributed by atoms with E-state index in [1.165, 1.54) is 25.3 Å². The zero-order valence-electron chi connectivity index (χ0n) is 7.81. The molecule has 1 saturated carbocycles. The summed E-state index contributed by atoms with van der Waals surface area (Å²) in [5.74, 6) is -0.133. The maximum absolute atomic E-state index is 13.3. The van der Waals surface area contributed by atoms with E-state index in [1.54, 1.807) is 6.07 Å². The summed E-state index contributed by atoms with van der Waals surface area (Å²) in [6, 6.07) is 5.69. The Labute approximate surface area is 78.0 Å². The Kier molecular flexibility index (Phi) is 2.21. The van der Waals surface area contributed by atoms with Crippen molar-refractivity contribution in [2.24, 2.45) is 0 Å². The van der Waals surface area contributed by atoms with Crippen LogP contribution in [0.25, 0.3) is 0 Å². The number of para-hydroxylation sites is 1. The lowest BCUT2D eigenvalue weighted by atomic mass is 9.92. The monoisotopic (exact) mass is 179 g/mol. The van der Waals surface area contributed by atoms with Crippen molar-refractivity contribution in [1.82, 2.24) is 0 Å². The van der Waals surface area contributed by atoms with Crippen molar-refractivity contribution < 1.29 is 4.39 Å². The lowest BCUT2D eigenvalue weighted by Gasteiger charge is -2.28. The minimum Gasteiger partial charge on any atom is -0.380 e. The Morgan fingerprint density at radius 1 is 1.38 bits per heavy atom. The van der Waals surface area contributed by atoms with E-state index in [0.29, 0.717) is 11.7 Å². The quantitative estimate of drug-likeness (QED) is 0.735. The largest absolute Gasteiger partial charge is 0.380 e. The van der Waals surface area contributed by atoms with Gasteiger partial charge in [0.1, 0.15) is 5.82 Å².